The molecule has 0 amide bonds. The Balaban J connectivity index is 2.33. The highest BCUT2D eigenvalue weighted by molar-refractivity contribution is 4.88. The fourth-order valence-electron chi connectivity index (χ4n) is 0.192. The Bertz CT molecular complexity index is 102. The second-order valence-electron chi connectivity index (χ2n) is 1.15. The molecule has 1 aliphatic carbocycles. The van der Waals surface area contributed by atoms with Crippen LogP contribution in [-0.4, -0.2) is 0 Å². The minimum atomic E-state index is -0.253. The monoisotopic (exact) mass is 71.1 g/mol. The molecule has 0 spiro atoms. The lowest BCUT2D eigenvalue weighted by atomic mass is 10.4. The maximum atomic E-state index is 7.04. The first kappa shape index (κ1) is 1.11. The molecular weight excluding hydrogens is 60.1 g/mol. The summed E-state index contributed by atoms with van der Waals surface area (Å²) in [5.74, 6) is 0.0486. The molecule has 0 N–H and O–H groups in total. The van der Waals surface area contributed by atoms with Crippen molar-refractivity contribution >= 4 is 0 Å². The zero-order valence-electron chi connectivity index (χ0n) is 5.89. The SMILES string of the molecule is [2H]C=CC1C([2H])C1[2H]. The Morgan fingerprint density at radius 3 is 3.20 bits per heavy atom. The van der Waals surface area contributed by atoms with Gasteiger partial charge in [0.1, 0.15) is 0 Å². The first-order chi connectivity index (χ1) is 3.77. The predicted molar refractivity (Wildman–Crippen MR) is 22.9 cm³/mol. The molecule has 0 nitrogen and oxygen atoms in total. The summed E-state index contributed by atoms with van der Waals surface area (Å²) in [4.78, 5) is 0. The lowest BCUT2D eigenvalue weighted by Crippen LogP contribution is -1.50. The van der Waals surface area contributed by atoms with Gasteiger partial charge in [0.05, 0.1) is 1.37 Å². The summed E-state index contributed by atoms with van der Waals surface area (Å²) in [5, 5.41) is 0. The van der Waals surface area contributed by atoms with Crippen molar-refractivity contribution in [1.29, 1.82) is 0 Å². The summed E-state index contributed by atoms with van der Waals surface area (Å²) < 4.78 is 20.7. The highest BCUT2D eigenvalue weighted by atomic mass is 14.2. The van der Waals surface area contributed by atoms with Crippen LogP contribution in [0.4, 0.5) is 0 Å². The van der Waals surface area contributed by atoms with Crippen molar-refractivity contribution in [2.45, 2.75) is 12.8 Å². The molecule has 1 saturated carbocycles. The average Bonchev–Trinajstić information content (AvgIpc) is 2.25. The minimum Gasteiger partial charge on any atom is -0.103 e. The molecule has 0 heteroatoms. The number of hydrogen-bond acceptors (Lipinski definition) is 0. The number of rotatable bonds is 1. The van der Waals surface area contributed by atoms with E-state index in [1.54, 1.807) is 6.08 Å². The van der Waals surface area contributed by atoms with Crippen LogP contribution in [0.2, 0.25) is 0 Å². The van der Waals surface area contributed by atoms with Crippen LogP contribution in [-0.2, 0) is 0 Å². The van der Waals surface area contributed by atoms with E-state index in [2.05, 4.69) is 0 Å². The molecule has 1 fully saturated rings. The molecule has 0 aromatic heterocycles. The normalized spacial score (nSPS) is 73.6. The van der Waals surface area contributed by atoms with Gasteiger partial charge in [0, 0.05) is 2.74 Å². The van der Waals surface area contributed by atoms with Crippen molar-refractivity contribution in [3.05, 3.63) is 12.6 Å². The van der Waals surface area contributed by atoms with Crippen LogP contribution in [0.25, 0.3) is 0 Å². The summed E-state index contributed by atoms with van der Waals surface area (Å²) >= 11 is 0. The third-order valence-corrected chi connectivity index (χ3v) is 0.637. The molecule has 0 aromatic rings. The van der Waals surface area contributed by atoms with Gasteiger partial charge in [-0.25, -0.2) is 0 Å². The second kappa shape index (κ2) is 0.852. The highest BCUT2D eigenvalue weighted by Gasteiger charge is 2.15. The maximum Gasteiger partial charge on any atom is 0.0535 e. The largest absolute Gasteiger partial charge is 0.103 e. The van der Waals surface area contributed by atoms with Gasteiger partial charge in [0.15, 0.2) is 0 Å². The van der Waals surface area contributed by atoms with Gasteiger partial charge in [-0.2, -0.15) is 0 Å². The quantitative estimate of drug-likeness (QED) is 0.412. The molecular formula is C5H8. The third-order valence-electron chi connectivity index (χ3n) is 0.637. The van der Waals surface area contributed by atoms with Gasteiger partial charge in [-0.05, 0) is 18.7 Å². The van der Waals surface area contributed by atoms with Gasteiger partial charge in [0.2, 0.25) is 0 Å². The van der Waals surface area contributed by atoms with Crippen molar-refractivity contribution < 1.29 is 4.11 Å². The first-order valence-corrected chi connectivity index (χ1v) is 1.67. The Morgan fingerprint density at radius 2 is 3.00 bits per heavy atom. The topological polar surface area (TPSA) is 0 Å². The second-order valence-corrected chi connectivity index (χ2v) is 1.15. The smallest absolute Gasteiger partial charge is 0.0535 e. The fourth-order valence-corrected chi connectivity index (χ4v) is 0.192. The van der Waals surface area contributed by atoms with Gasteiger partial charge in [-0.1, -0.05) is 6.08 Å². The van der Waals surface area contributed by atoms with E-state index in [0.717, 1.165) is 0 Å². The summed E-state index contributed by atoms with van der Waals surface area (Å²) in [7, 11) is 0. The van der Waals surface area contributed by atoms with Crippen LogP contribution in [0.1, 0.15) is 16.9 Å². The fraction of sp³-hybridized carbons (Fsp3) is 0.600. The summed E-state index contributed by atoms with van der Waals surface area (Å²) in [6.07, 6.45) is 1.10. The Labute approximate surface area is 36.7 Å². The maximum absolute atomic E-state index is 7.04. The van der Waals surface area contributed by atoms with Crippen LogP contribution >= 0.6 is 0 Å². The molecule has 0 aromatic carbocycles. The van der Waals surface area contributed by atoms with Crippen LogP contribution in [0.5, 0.6) is 0 Å². The summed E-state index contributed by atoms with van der Waals surface area (Å²) in [6, 6.07) is 0. The Kier molecular flexibility index (Phi) is 0.189. The lowest BCUT2D eigenvalue weighted by Gasteiger charge is -1.63. The van der Waals surface area contributed by atoms with Gasteiger partial charge in [-0.3, -0.25) is 0 Å². The van der Waals surface area contributed by atoms with Crippen LogP contribution in [0, 0.1) is 5.92 Å². The van der Waals surface area contributed by atoms with Gasteiger partial charge in [-0.15, -0.1) is 6.55 Å². The molecule has 2 atom stereocenters. The number of hydrogen-bond donors (Lipinski definition) is 0. The van der Waals surface area contributed by atoms with E-state index in [-0.39, 0.29) is 18.7 Å². The van der Waals surface area contributed by atoms with Crippen LogP contribution in [0.3, 0.4) is 0 Å². The highest BCUT2D eigenvalue weighted by Crippen LogP contribution is 2.28. The Morgan fingerprint density at radius 1 is 2.20 bits per heavy atom. The molecule has 0 radical (unpaired) electrons. The van der Waals surface area contributed by atoms with Crippen molar-refractivity contribution in [3.63, 3.8) is 0 Å². The third kappa shape index (κ3) is 0.504. The van der Waals surface area contributed by atoms with Gasteiger partial charge < -0.3 is 0 Å². The molecule has 0 saturated heterocycles. The molecule has 2 unspecified atom stereocenters. The van der Waals surface area contributed by atoms with Crippen LogP contribution in [0.15, 0.2) is 12.6 Å². The molecule has 1 aliphatic rings. The zero-order valence-corrected chi connectivity index (χ0v) is 2.89. The molecule has 5 heavy (non-hydrogen) atoms. The zero-order chi connectivity index (χ0) is 6.15. The summed E-state index contributed by atoms with van der Waals surface area (Å²) in [6.45, 7) is 1.17. The van der Waals surface area contributed by atoms with E-state index >= 15 is 0 Å². The van der Waals surface area contributed by atoms with E-state index in [1.165, 1.54) is 6.55 Å². The van der Waals surface area contributed by atoms with E-state index in [1.807, 2.05) is 0 Å². The molecule has 0 bridgehead atoms. The van der Waals surface area contributed by atoms with E-state index in [0.29, 0.717) is 0 Å². The molecule has 0 aliphatic heterocycles. The van der Waals surface area contributed by atoms with Gasteiger partial charge in [0.25, 0.3) is 0 Å². The van der Waals surface area contributed by atoms with E-state index in [9.17, 15) is 0 Å². The van der Waals surface area contributed by atoms with Crippen molar-refractivity contribution in [2.24, 2.45) is 5.92 Å². The van der Waals surface area contributed by atoms with E-state index < -0.39 is 0 Å². The minimum absolute atomic E-state index is 0.0486. The van der Waals surface area contributed by atoms with Crippen molar-refractivity contribution in [2.75, 3.05) is 0 Å². The van der Waals surface area contributed by atoms with Crippen molar-refractivity contribution in [3.8, 4) is 0 Å². The Hall–Kier alpha value is -0.260. The predicted octanol–water partition coefficient (Wildman–Crippen LogP) is 1.58. The molecule has 28 valence electrons. The summed E-state index contributed by atoms with van der Waals surface area (Å²) in [5.41, 5.74) is 0. The van der Waals surface area contributed by atoms with Crippen molar-refractivity contribution in [1.82, 2.24) is 0 Å². The molecule has 0 heterocycles. The standard InChI is InChI=1S/C5H8/c1-2-5-3-4-5/h2,5H,1,3-4H2/i1D,3D,4D. The average molecular weight is 71.1 g/mol. The number of allylic oxidation sites excluding steroid dienone is 1. The van der Waals surface area contributed by atoms with Crippen LogP contribution < -0.4 is 0 Å². The first-order valence-electron chi connectivity index (χ1n) is 3.40. The molecule has 1 rings (SSSR count). The van der Waals surface area contributed by atoms with E-state index in [4.69, 9.17) is 4.11 Å². The lowest BCUT2D eigenvalue weighted by molar-refractivity contribution is 1.13. The van der Waals surface area contributed by atoms with Gasteiger partial charge >= 0.3 is 0 Å².